The predicted octanol–water partition coefficient (Wildman–Crippen LogP) is 4.51. The quantitative estimate of drug-likeness (QED) is 0.610. The first-order valence-electron chi connectivity index (χ1n) is 6.60. The fourth-order valence-corrected chi connectivity index (χ4v) is 2.35. The van der Waals surface area contributed by atoms with Crippen molar-refractivity contribution >= 4 is 33.5 Å². The summed E-state index contributed by atoms with van der Waals surface area (Å²) in [4.78, 5) is 19.9. The minimum absolute atomic E-state index is 0.0566. The van der Waals surface area contributed by atoms with Gasteiger partial charge in [0.05, 0.1) is 11.8 Å². The summed E-state index contributed by atoms with van der Waals surface area (Å²) in [6.45, 7) is -0.0566. The summed E-state index contributed by atoms with van der Waals surface area (Å²) in [5, 5.41) is 0.644. The number of hydrogen-bond acceptors (Lipinski definition) is 5. The fraction of sp³-hybridized carbons (Fsp3) is 0.0625. The third-order valence-electron chi connectivity index (χ3n) is 2.95. The highest BCUT2D eigenvalue weighted by molar-refractivity contribution is 9.10. The Hall–Kier alpha value is -2.18. The molecule has 5 nitrogen and oxygen atoms in total. The second-order valence-corrected chi connectivity index (χ2v) is 5.95. The minimum atomic E-state index is -0.495. The number of nitrogens with zero attached hydrogens (tertiary/aromatic N) is 2. The SMILES string of the molecule is O=C(OCc1ncc(-c2ccc(Cl)cc2)o1)c1cncc(Br)c1. The monoisotopic (exact) mass is 392 g/mol. The van der Waals surface area contributed by atoms with Gasteiger partial charge < -0.3 is 9.15 Å². The molecule has 0 unspecified atom stereocenters. The van der Waals surface area contributed by atoms with Crippen LogP contribution in [-0.4, -0.2) is 15.9 Å². The van der Waals surface area contributed by atoms with Crippen LogP contribution in [0.5, 0.6) is 0 Å². The van der Waals surface area contributed by atoms with Crippen LogP contribution < -0.4 is 0 Å². The number of aromatic nitrogens is 2. The van der Waals surface area contributed by atoms with Gasteiger partial charge in [0.15, 0.2) is 12.4 Å². The van der Waals surface area contributed by atoms with E-state index in [0.29, 0.717) is 26.7 Å². The van der Waals surface area contributed by atoms with Crippen LogP contribution in [0.3, 0.4) is 0 Å². The molecule has 2 heterocycles. The zero-order valence-corrected chi connectivity index (χ0v) is 14.0. The van der Waals surface area contributed by atoms with Crippen molar-refractivity contribution in [1.82, 2.24) is 9.97 Å². The Labute approximate surface area is 145 Å². The Morgan fingerprint density at radius 2 is 2.00 bits per heavy atom. The molecule has 1 aromatic carbocycles. The highest BCUT2D eigenvalue weighted by Crippen LogP contribution is 2.22. The standard InChI is InChI=1S/C16H10BrClN2O3/c17-12-5-11(6-19-7-12)16(21)22-9-15-20-8-14(23-15)10-1-3-13(18)4-2-10/h1-8H,9H2. The summed E-state index contributed by atoms with van der Waals surface area (Å²) in [7, 11) is 0. The largest absolute Gasteiger partial charge is 0.452 e. The molecular weight excluding hydrogens is 384 g/mol. The molecule has 23 heavy (non-hydrogen) atoms. The van der Waals surface area contributed by atoms with Gasteiger partial charge in [0.2, 0.25) is 5.89 Å². The average molecular weight is 394 g/mol. The topological polar surface area (TPSA) is 65.2 Å². The number of rotatable bonds is 4. The van der Waals surface area contributed by atoms with E-state index in [1.807, 2.05) is 12.1 Å². The number of hydrogen-bond donors (Lipinski definition) is 0. The van der Waals surface area contributed by atoms with Gasteiger partial charge in [-0.25, -0.2) is 9.78 Å². The number of carbonyl (C=O) groups is 1. The molecule has 0 saturated carbocycles. The van der Waals surface area contributed by atoms with Crippen LogP contribution >= 0.6 is 27.5 Å². The third kappa shape index (κ3) is 3.97. The molecular formula is C16H10BrClN2O3. The van der Waals surface area contributed by atoms with Crippen molar-refractivity contribution in [3.8, 4) is 11.3 Å². The van der Waals surface area contributed by atoms with Crippen molar-refractivity contribution in [3.05, 3.63) is 69.9 Å². The molecule has 0 bridgehead atoms. The Balaban J connectivity index is 1.65. The lowest BCUT2D eigenvalue weighted by atomic mass is 10.2. The maximum Gasteiger partial charge on any atom is 0.340 e. The van der Waals surface area contributed by atoms with E-state index in [1.165, 1.54) is 6.20 Å². The Morgan fingerprint density at radius 1 is 1.22 bits per heavy atom. The Morgan fingerprint density at radius 3 is 2.74 bits per heavy atom. The molecule has 0 saturated heterocycles. The van der Waals surface area contributed by atoms with Gasteiger partial charge in [-0.2, -0.15) is 0 Å². The first-order valence-corrected chi connectivity index (χ1v) is 7.77. The first-order chi connectivity index (χ1) is 11.1. The minimum Gasteiger partial charge on any atom is -0.452 e. The Kier molecular flexibility index (Phi) is 4.73. The molecule has 0 aliphatic carbocycles. The fourth-order valence-electron chi connectivity index (χ4n) is 1.86. The van der Waals surface area contributed by atoms with Gasteiger partial charge in [-0.1, -0.05) is 11.6 Å². The summed E-state index contributed by atoms with van der Waals surface area (Å²) in [6.07, 6.45) is 4.60. The lowest BCUT2D eigenvalue weighted by Gasteiger charge is -2.02. The van der Waals surface area contributed by atoms with Gasteiger partial charge in [-0.05, 0) is 46.3 Å². The molecule has 7 heteroatoms. The van der Waals surface area contributed by atoms with E-state index < -0.39 is 5.97 Å². The number of carbonyl (C=O) groups excluding carboxylic acids is 1. The van der Waals surface area contributed by atoms with Gasteiger partial charge >= 0.3 is 5.97 Å². The van der Waals surface area contributed by atoms with E-state index in [0.717, 1.165) is 5.56 Å². The van der Waals surface area contributed by atoms with Gasteiger partial charge in [-0.3, -0.25) is 4.98 Å². The molecule has 0 fully saturated rings. The summed E-state index contributed by atoms with van der Waals surface area (Å²) < 4.78 is 11.4. The average Bonchev–Trinajstić information content (AvgIpc) is 3.02. The van der Waals surface area contributed by atoms with Crippen LogP contribution in [0.25, 0.3) is 11.3 Å². The molecule has 0 radical (unpaired) electrons. The lowest BCUT2D eigenvalue weighted by Crippen LogP contribution is -2.05. The summed E-state index contributed by atoms with van der Waals surface area (Å²) in [5.74, 6) is 0.396. The van der Waals surface area contributed by atoms with Crippen molar-refractivity contribution in [2.75, 3.05) is 0 Å². The maximum atomic E-state index is 11.9. The predicted molar refractivity (Wildman–Crippen MR) is 88.0 cm³/mol. The number of ether oxygens (including phenoxy) is 1. The van der Waals surface area contributed by atoms with E-state index >= 15 is 0 Å². The third-order valence-corrected chi connectivity index (χ3v) is 3.64. The van der Waals surface area contributed by atoms with Gasteiger partial charge in [0.25, 0.3) is 0 Å². The lowest BCUT2D eigenvalue weighted by molar-refractivity contribution is 0.0438. The summed E-state index contributed by atoms with van der Waals surface area (Å²) in [5.41, 5.74) is 1.19. The highest BCUT2D eigenvalue weighted by Gasteiger charge is 2.12. The number of pyridine rings is 1. The number of benzene rings is 1. The molecule has 0 aliphatic rings. The number of halogens is 2. The van der Waals surface area contributed by atoms with Gasteiger partial charge in [0, 0.05) is 27.5 Å². The van der Waals surface area contributed by atoms with Crippen LogP contribution in [0.2, 0.25) is 5.02 Å². The van der Waals surface area contributed by atoms with Crippen molar-refractivity contribution in [3.63, 3.8) is 0 Å². The second kappa shape index (κ2) is 6.93. The molecule has 0 spiro atoms. The van der Waals surface area contributed by atoms with Crippen LogP contribution in [0.4, 0.5) is 0 Å². The van der Waals surface area contributed by atoms with E-state index in [9.17, 15) is 4.79 Å². The van der Waals surface area contributed by atoms with Gasteiger partial charge in [-0.15, -0.1) is 0 Å². The van der Waals surface area contributed by atoms with E-state index in [4.69, 9.17) is 20.8 Å². The molecule has 3 rings (SSSR count). The highest BCUT2D eigenvalue weighted by atomic mass is 79.9. The first kappa shape index (κ1) is 15.7. The van der Waals surface area contributed by atoms with Crippen molar-refractivity contribution < 1.29 is 13.9 Å². The molecule has 0 amide bonds. The summed E-state index contributed by atoms with van der Waals surface area (Å²) in [6, 6.07) is 8.81. The van der Waals surface area contributed by atoms with E-state index in [-0.39, 0.29) is 6.61 Å². The van der Waals surface area contributed by atoms with Crippen LogP contribution in [-0.2, 0) is 11.3 Å². The molecule has 2 aromatic heterocycles. The number of oxazole rings is 1. The summed E-state index contributed by atoms with van der Waals surface area (Å²) >= 11 is 9.10. The van der Waals surface area contributed by atoms with Crippen molar-refractivity contribution in [2.24, 2.45) is 0 Å². The molecule has 0 atom stereocenters. The zero-order chi connectivity index (χ0) is 16.2. The van der Waals surface area contributed by atoms with Gasteiger partial charge in [0.1, 0.15) is 0 Å². The zero-order valence-electron chi connectivity index (χ0n) is 11.7. The maximum absolute atomic E-state index is 11.9. The molecule has 3 aromatic rings. The van der Waals surface area contributed by atoms with Crippen LogP contribution in [0.15, 0.2) is 57.8 Å². The van der Waals surface area contributed by atoms with E-state index in [1.54, 1.807) is 30.6 Å². The number of esters is 1. The molecule has 116 valence electrons. The van der Waals surface area contributed by atoms with Crippen LogP contribution in [0.1, 0.15) is 16.2 Å². The molecule has 0 aliphatic heterocycles. The Bertz CT molecular complexity index is 833. The second-order valence-electron chi connectivity index (χ2n) is 4.59. The van der Waals surface area contributed by atoms with E-state index in [2.05, 4.69) is 25.9 Å². The molecule has 0 N–H and O–H groups in total. The van der Waals surface area contributed by atoms with Crippen molar-refractivity contribution in [1.29, 1.82) is 0 Å². The normalized spacial score (nSPS) is 10.5. The van der Waals surface area contributed by atoms with Crippen LogP contribution in [0, 0.1) is 0 Å². The smallest absolute Gasteiger partial charge is 0.340 e. The van der Waals surface area contributed by atoms with Crippen molar-refractivity contribution in [2.45, 2.75) is 6.61 Å².